The molecule has 1 aliphatic rings. The van der Waals surface area contributed by atoms with Crippen molar-refractivity contribution >= 4 is 39.5 Å². The van der Waals surface area contributed by atoms with Crippen molar-refractivity contribution in [2.45, 2.75) is 50.7 Å². The van der Waals surface area contributed by atoms with Gasteiger partial charge in [0.1, 0.15) is 16.5 Å². The van der Waals surface area contributed by atoms with E-state index in [0.29, 0.717) is 38.2 Å². The third-order valence-corrected chi connectivity index (χ3v) is 7.75. The number of hydrogen-bond acceptors (Lipinski definition) is 10. The van der Waals surface area contributed by atoms with Crippen LogP contribution in [0.4, 0.5) is 10.4 Å². The Bertz CT molecular complexity index is 1320. The number of fused-ring (bicyclic) bond motifs is 1. The van der Waals surface area contributed by atoms with E-state index in [1.165, 1.54) is 23.1 Å². The highest BCUT2D eigenvalue weighted by molar-refractivity contribution is 7.98. The van der Waals surface area contributed by atoms with E-state index in [4.69, 9.17) is 9.26 Å². The maximum atomic E-state index is 14.5. The maximum Gasteiger partial charge on any atom is 0.324 e. The van der Waals surface area contributed by atoms with Crippen LogP contribution < -0.4 is 9.64 Å². The lowest BCUT2D eigenvalue weighted by atomic mass is 9.92. The Hall–Kier alpha value is -2.79. The zero-order valence-corrected chi connectivity index (χ0v) is 21.7. The molecule has 5 heterocycles. The maximum absolute atomic E-state index is 14.5. The Morgan fingerprint density at radius 2 is 1.89 bits per heavy atom. The summed E-state index contributed by atoms with van der Waals surface area (Å²) in [5, 5.41) is 5.28. The van der Waals surface area contributed by atoms with Crippen LogP contribution in [0, 0.1) is 11.9 Å². The number of aromatic nitrogens is 5. The van der Waals surface area contributed by atoms with Crippen LogP contribution in [0.1, 0.15) is 45.4 Å². The van der Waals surface area contributed by atoms with Gasteiger partial charge in [0.25, 0.3) is 5.19 Å². The Balaban J connectivity index is 1.23. The predicted octanol–water partition coefficient (Wildman–Crippen LogP) is 5.80. The number of ether oxygens (including phenoxy) is 1. The zero-order valence-electron chi connectivity index (χ0n) is 20.1. The summed E-state index contributed by atoms with van der Waals surface area (Å²) < 4.78 is 26.1. The summed E-state index contributed by atoms with van der Waals surface area (Å²) in [6.07, 6.45) is 3.80. The average molecular weight is 515 g/mol. The molecule has 0 radical (unpaired) electrons. The first kappa shape index (κ1) is 23.9. The molecule has 1 saturated heterocycles. The standard InChI is InChI=1S/C24H27FN6O2S2/c1-13(2)21-29-23(33-30-21)31-11-9-15(10-12-31)14(3)32-24-27-18-7-6-17(26-22(18)35-24)16-5-8-19(34-4)28-20(16)25/h5-8,13-15H,9-12H2,1-4H3/t14-/m0/s1. The Morgan fingerprint density at radius 3 is 2.57 bits per heavy atom. The third-order valence-electron chi connectivity index (χ3n) is 6.25. The van der Waals surface area contributed by atoms with Crippen LogP contribution in [0.25, 0.3) is 21.6 Å². The van der Waals surface area contributed by atoms with E-state index in [9.17, 15) is 4.39 Å². The van der Waals surface area contributed by atoms with Gasteiger partial charge in [-0.2, -0.15) is 9.37 Å². The number of hydrogen-bond donors (Lipinski definition) is 0. The number of halogens is 1. The van der Waals surface area contributed by atoms with Crippen molar-refractivity contribution in [3.8, 4) is 16.5 Å². The minimum absolute atomic E-state index is 0.00632. The molecule has 11 heteroatoms. The summed E-state index contributed by atoms with van der Waals surface area (Å²) in [7, 11) is 0. The molecule has 0 unspecified atom stereocenters. The van der Waals surface area contributed by atoms with Crippen molar-refractivity contribution < 1.29 is 13.7 Å². The van der Waals surface area contributed by atoms with Crippen molar-refractivity contribution in [2.24, 2.45) is 5.92 Å². The van der Waals surface area contributed by atoms with Crippen LogP contribution in [0.5, 0.6) is 5.19 Å². The molecule has 4 aromatic rings. The molecule has 1 fully saturated rings. The number of thioether (sulfide) groups is 1. The van der Waals surface area contributed by atoms with Crippen molar-refractivity contribution in [2.75, 3.05) is 24.2 Å². The molecular weight excluding hydrogens is 487 g/mol. The lowest BCUT2D eigenvalue weighted by Crippen LogP contribution is -2.38. The number of piperidine rings is 1. The Morgan fingerprint density at radius 1 is 1.09 bits per heavy atom. The van der Waals surface area contributed by atoms with Gasteiger partial charge in [-0.05, 0) is 56.2 Å². The molecule has 4 aromatic heterocycles. The van der Waals surface area contributed by atoms with Crippen LogP contribution in [0.15, 0.2) is 33.8 Å². The minimum atomic E-state index is -0.523. The van der Waals surface area contributed by atoms with E-state index in [-0.39, 0.29) is 12.0 Å². The molecule has 0 amide bonds. The second kappa shape index (κ2) is 10.1. The molecule has 184 valence electrons. The summed E-state index contributed by atoms with van der Waals surface area (Å²) in [6.45, 7) is 7.88. The largest absolute Gasteiger partial charge is 0.467 e. The Kier molecular flexibility index (Phi) is 6.88. The summed E-state index contributed by atoms with van der Waals surface area (Å²) in [5.74, 6) is 0.853. The minimum Gasteiger partial charge on any atom is -0.467 e. The lowest BCUT2D eigenvalue weighted by Gasteiger charge is -2.33. The van der Waals surface area contributed by atoms with Gasteiger partial charge in [0.05, 0.1) is 16.3 Å². The van der Waals surface area contributed by atoms with E-state index < -0.39 is 5.95 Å². The number of pyridine rings is 2. The van der Waals surface area contributed by atoms with Gasteiger partial charge in [-0.3, -0.25) is 0 Å². The topological polar surface area (TPSA) is 90.1 Å². The molecule has 1 atom stereocenters. The molecule has 5 rings (SSSR count). The molecule has 1 aliphatic heterocycles. The van der Waals surface area contributed by atoms with Crippen LogP contribution in [-0.2, 0) is 0 Å². The highest BCUT2D eigenvalue weighted by atomic mass is 32.2. The molecule has 0 spiro atoms. The summed E-state index contributed by atoms with van der Waals surface area (Å²) in [5.41, 5.74) is 1.65. The van der Waals surface area contributed by atoms with E-state index in [0.717, 1.165) is 37.3 Å². The summed E-state index contributed by atoms with van der Waals surface area (Å²) in [4.78, 5) is 20.6. The molecule has 0 aromatic carbocycles. The SMILES string of the molecule is CSc1ccc(-c2ccc3nc(O[C@@H](C)C4CCN(c5nc(C(C)C)no5)CC4)sc3n2)c(F)n1. The average Bonchev–Trinajstić information content (AvgIpc) is 3.51. The fourth-order valence-electron chi connectivity index (χ4n) is 4.12. The van der Waals surface area contributed by atoms with E-state index in [1.807, 2.05) is 12.3 Å². The number of thiazole rings is 1. The van der Waals surface area contributed by atoms with E-state index in [1.54, 1.807) is 18.2 Å². The third kappa shape index (κ3) is 5.11. The number of rotatable bonds is 7. The van der Waals surface area contributed by atoms with Gasteiger partial charge in [-0.15, -0.1) is 11.8 Å². The highest BCUT2D eigenvalue weighted by Gasteiger charge is 2.28. The molecule has 0 saturated carbocycles. The second-order valence-corrected chi connectivity index (χ2v) is 10.7. The van der Waals surface area contributed by atoms with Crippen LogP contribution >= 0.6 is 23.1 Å². The fraction of sp³-hybridized carbons (Fsp3) is 0.458. The summed E-state index contributed by atoms with van der Waals surface area (Å²) >= 11 is 2.78. The van der Waals surface area contributed by atoms with Crippen molar-refractivity contribution in [1.82, 2.24) is 25.1 Å². The van der Waals surface area contributed by atoms with E-state index in [2.05, 4.69) is 50.8 Å². The number of nitrogens with zero attached hydrogens (tertiary/aromatic N) is 6. The van der Waals surface area contributed by atoms with Gasteiger partial charge in [-0.25, -0.2) is 15.0 Å². The van der Waals surface area contributed by atoms with Crippen LogP contribution in [0.3, 0.4) is 0 Å². The number of anilines is 1. The van der Waals surface area contributed by atoms with Crippen LogP contribution in [-0.4, -0.2) is 50.5 Å². The summed E-state index contributed by atoms with van der Waals surface area (Å²) in [6, 6.07) is 7.73. The molecule has 0 N–H and O–H groups in total. The van der Waals surface area contributed by atoms with Crippen molar-refractivity contribution in [1.29, 1.82) is 0 Å². The monoisotopic (exact) mass is 514 g/mol. The van der Waals surface area contributed by atoms with Gasteiger partial charge in [0.2, 0.25) is 5.95 Å². The second-order valence-electron chi connectivity index (χ2n) is 8.93. The molecule has 0 aliphatic carbocycles. The van der Waals surface area contributed by atoms with Gasteiger partial charge in [0.15, 0.2) is 5.82 Å². The quantitative estimate of drug-likeness (QED) is 0.224. The Labute approximate surface area is 211 Å². The van der Waals surface area contributed by atoms with Gasteiger partial charge in [0, 0.05) is 19.0 Å². The fourth-order valence-corrected chi connectivity index (χ4v) is 5.37. The first-order chi connectivity index (χ1) is 16.9. The molecule has 8 nitrogen and oxygen atoms in total. The van der Waals surface area contributed by atoms with Gasteiger partial charge in [-0.1, -0.05) is 30.3 Å². The smallest absolute Gasteiger partial charge is 0.324 e. The lowest BCUT2D eigenvalue weighted by molar-refractivity contribution is 0.131. The highest BCUT2D eigenvalue weighted by Crippen LogP contribution is 2.33. The van der Waals surface area contributed by atoms with Crippen molar-refractivity contribution in [3.63, 3.8) is 0 Å². The molecule has 0 bridgehead atoms. The van der Waals surface area contributed by atoms with E-state index >= 15 is 0 Å². The first-order valence-corrected chi connectivity index (χ1v) is 13.7. The molecular formula is C24H27FN6O2S2. The normalized spacial score (nSPS) is 15.8. The zero-order chi connectivity index (χ0) is 24.5. The first-order valence-electron chi connectivity index (χ1n) is 11.6. The molecule has 35 heavy (non-hydrogen) atoms. The predicted molar refractivity (Wildman–Crippen MR) is 136 cm³/mol. The van der Waals surface area contributed by atoms with Crippen molar-refractivity contribution in [3.05, 3.63) is 36.0 Å². The van der Waals surface area contributed by atoms with Gasteiger partial charge >= 0.3 is 6.01 Å². The van der Waals surface area contributed by atoms with Crippen LogP contribution in [0.2, 0.25) is 0 Å². The van der Waals surface area contributed by atoms with Gasteiger partial charge < -0.3 is 14.2 Å².